The fourth-order valence-electron chi connectivity index (χ4n) is 2.67. The summed E-state index contributed by atoms with van der Waals surface area (Å²) in [6.07, 6.45) is 2.87. The molecule has 0 spiro atoms. The Labute approximate surface area is 149 Å². The van der Waals surface area contributed by atoms with Crippen LogP contribution in [0.25, 0.3) is 17.0 Å². The largest absolute Gasteiger partial charge is 0.260 e. The lowest BCUT2D eigenvalue weighted by atomic mass is 10.2. The number of nitrogens with zero attached hydrogens (tertiary/aromatic N) is 7. The Hall–Kier alpha value is -2.74. The summed E-state index contributed by atoms with van der Waals surface area (Å²) in [4.78, 5) is 9.22. The summed E-state index contributed by atoms with van der Waals surface area (Å²) in [5, 5.41) is 12.7. The first-order valence-electron chi connectivity index (χ1n) is 8.03. The van der Waals surface area contributed by atoms with Crippen LogP contribution in [0.3, 0.4) is 0 Å². The number of thioether (sulfide) groups is 1. The van der Waals surface area contributed by atoms with Gasteiger partial charge >= 0.3 is 0 Å². The van der Waals surface area contributed by atoms with E-state index in [1.165, 1.54) is 5.56 Å². The summed E-state index contributed by atoms with van der Waals surface area (Å²) in [7, 11) is 1.82. The van der Waals surface area contributed by atoms with E-state index in [2.05, 4.69) is 39.6 Å². The summed E-state index contributed by atoms with van der Waals surface area (Å²) in [5.41, 5.74) is 4.23. The highest BCUT2D eigenvalue weighted by molar-refractivity contribution is 7.98. The van der Waals surface area contributed by atoms with Crippen LogP contribution >= 0.6 is 11.8 Å². The third-order valence-corrected chi connectivity index (χ3v) is 4.94. The second-order valence-electron chi connectivity index (χ2n) is 5.62. The van der Waals surface area contributed by atoms with Gasteiger partial charge in [-0.05, 0) is 46.7 Å². The van der Waals surface area contributed by atoms with E-state index in [4.69, 9.17) is 4.98 Å². The predicted octanol–water partition coefficient (Wildman–Crippen LogP) is 2.80. The zero-order valence-corrected chi connectivity index (χ0v) is 14.8. The van der Waals surface area contributed by atoms with Crippen molar-refractivity contribution in [2.45, 2.75) is 24.3 Å². The van der Waals surface area contributed by atoms with E-state index in [0.717, 1.165) is 34.1 Å². The zero-order chi connectivity index (χ0) is 17.2. The minimum atomic E-state index is 0.645. The maximum absolute atomic E-state index is 4.76. The standard InChI is InChI=1S/C17H17N7S/c1-3-12-8-9-18-13(10-12)11-25-17-19-14-6-4-5-7-15(14)24(17)16-20-21-22-23(16)2/h4-10H,3,11H2,1-2H3. The molecule has 0 unspecified atom stereocenters. The topological polar surface area (TPSA) is 74.3 Å². The van der Waals surface area contributed by atoms with Crippen molar-refractivity contribution in [2.75, 3.05) is 0 Å². The smallest absolute Gasteiger partial charge is 0.256 e. The molecule has 0 amide bonds. The number of imidazole rings is 1. The molecule has 0 aliphatic rings. The molecule has 1 aromatic carbocycles. The van der Waals surface area contributed by atoms with Gasteiger partial charge in [0, 0.05) is 19.0 Å². The molecule has 126 valence electrons. The van der Waals surface area contributed by atoms with Crippen LogP contribution in [0.15, 0.2) is 47.8 Å². The molecule has 3 aromatic heterocycles. The fraction of sp³-hybridized carbons (Fsp3) is 0.235. The number of para-hydroxylation sites is 2. The molecule has 4 aromatic rings. The minimum Gasteiger partial charge on any atom is -0.260 e. The third-order valence-electron chi connectivity index (χ3n) is 3.97. The fourth-order valence-corrected chi connectivity index (χ4v) is 3.58. The molecule has 7 nitrogen and oxygen atoms in total. The van der Waals surface area contributed by atoms with E-state index in [1.807, 2.05) is 42.1 Å². The first-order valence-corrected chi connectivity index (χ1v) is 9.01. The molecule has 0 N–H and O–H groups in total. The highest BCUT2D eigenvalue weighted by Gasteiger charge is 2.17. The second kappa shape index (κ2) is 6.64. The van der Waals surface area contributed by atoms with Crippen LogP contribution in [0.4, 0.5) is 0 Å². The number of hydrogen-bond donors (Lipinski definition) is 0. The van der Waals surface area contributed by atoms with Crippen molar-refractivity contribution >= 4 is 22.8 Å². The second-order valence-corrected chi connectivity index (χ2v) is 6.56. The van der Waals surface area contributed by atoms with Crippen LogP contribution < -0.4 is 0 Å². The van der Waals surface area contributed by atoms with Crippen LogP contribution in [0, 0.1) is 0 Å². The number of rotatable bonds is 5. The van der Waals surface area contributed by atoms with Crippen molar-refractivity contribution in [1.29, 1.82) is 0 Å². The molecule has 0 bridgehead atoms. The highest BCUT2D eigenvalue weighted by Crippen LogP contribution is 2.28. The summed E-state index contributed by atoms with van der Waals surface area (Å²) < 4.78 is 3.64. The van der Waals surface area contributed by atoms with Crippen molar-refractivity contribution in [3.05, 3.63) is 53.9 Å². The van der Waals surface area contributed by atoms with Crippen molar-refractivity contribution in [3.8, 4) is 5.95 Å². The van der Waals surface area contributed by atoms with Crippen LogP contribution in [-0.4, -0.2) is 34.7 Å². The van der Waals surface area contributed by atoms with E-state index in [-0.39, 0.29) is 0 Å². The van der Waals surface area contributed by atoms with Gasteiger partial charge in [0.15, 0.2) is 5.16 Å². The van der Waals surface area contributed by atoms with Crippen molar-refractivity contribution in [3.63, 3.8) is 0 Å². The first kappa shape index (κ1) is 15.8. The Morgan fingerprint density at radius 3 is 2.84 bits per heavy atom. The Morgan fingerprint density at radius 2 is 2.04 bits per heavy atom. The van der Waals surface area contributed by atoms with Gasteiger partial charge in [-0.15, -0.1) is 0 Å². The SMILES string of the molecule is CCc1ccnc(CSc2nc3ccccc3n2-c2nnnn2C)c1. The lowest BCUT2D eigenvalue weighted by molar-refractivity contribution is 0.682. The average Bonchev–Trinajstić information content (AvgIpc) is 3.22. The number of benzene rings is 1. The van der Waals surface area contributed by atoms with Gasteiger partial charge in [-0.25, -0.2) is 9.67 Å². The predicted molar refractivity (Wildman–Crippen MR) is 96.6 cm³/mol. The van der Waals surface area contributed by atoms with E-state index in [1.54, 1.807) is 16.4 Å². The molecule has 0 saturated carbocycles. The molecule has 0 fully saturated rings. The van der Waals surface area contributed by atoms with E-state index in [9.17, 15) is 0 Å². The lowest BCUT2D eigenvalue weighted by Crippen LogP contribution is -2.05. The first-order chi connectivity index (χ1) is 12.3. The van der Waals surface area contributed by atoms with Crippen LogP contribution in [0.5, 0.6) is 0 Å². The molecule has 0 saturated heterocycles. The number of aromatic nitrogens is 7. The van der Waals surface area contributed by atoms with Gasteiger partial charge < -0.3 is 0 Å². The maximum atomic E-state index is 4.76. The monoisotopic (exact) mass is 351 g/mol. The minimum absolute atomic E-state index is 0.645. The lowest BCUT2D eigenvalue weighted by Gasteiger charge is -2.07. The molecule has 25 heavy (non-hydrogen) atoms. The van der Waals surface area contributed by atoms with Gasteiger partial charge in [0.2, 0.25) is 0 Å². The van der Waals surface area contributed by atoms with Crippen molar-refractivity contribution in [2.24, 2.45) is 7.05 Å². The summed E-state index contributed by atoms with van der Waals surface area (Å²) in [5.74, 6) is 1.38. The van der Waals surface area contributed by atoms with E-state index >= 15 is 0 Å². The third kappa shape index (κ3) is 3.00. The molecule has 0 radical (unpaired) electrons. The molecular weight excluding hydrogens is 334 g/mol. The van der Waals surface area contributed by atoms with Gasteiger partial charge in [0.1, 0.15) is 0 Å². The molecule has 0 aliphatic heterocycles. The Morgan fingerprint density at radius 1 is 1.16 bits per heavy atom. The molecule has 8 heteroatoms. The number of fused-ring (bicyclic) bond motifs is 1. The molecule has 4 rings (SSSR count). The van der Waals surface area contributed by atoms with Gasteiger partial charge in [-0.1, -0.05) is 35.9 Å². The summed E-state index contributed by atoms with van der Waals surface area (Å²) in [6, 6.07) is 12.2. The summed E-state index contributed by atoms with van der Waals surface area (Å²) in [6.45, 7) is 2.15. The quantitative estimate of drug-likeness (QED) is 0.515. The van der Waals surface area contributed by atoms with Gasteiger partial charge in [-0.3, -0.25) is 9.55 Å². The van der Waals surface area contributed by atoms with Crippen LogP contribution in [-0.2, 0) is 19.2 Å². The Kier molecular flexibility index (Phi) is 4.19. The number of pyridine rings is 1. The van der Waals surface area contributed by atoms with E-state index in [0.29, 0.717) is 5.95 Å². The zero-order valence-electron chi connectivity index (χ0n) is 14.0. The molecule has 0 aliphatic carbocycles. The Bertz CT molecular complexity index is 1020. The van der Waals surface area contributed by atoms with Crippen molar-refractivity contribution in [1.82, 2.24) is 34.7 Å². The number of aryl methyl sites for hydroxylation is 2. The molecule has 0 atom stereocenters. The van der Waals surface area contributed by atoms with Crippen LogP contribution in [0.2, 0.25) is 0 Å². The maximum Gasteiger partial charge on any atom is 0.256 e. The van der Waals surface area contributed by atoms with Gasteiger partial charge in [0.25, 0.3) is 5.95 Å². The number of tetrazole rings is 1. The Balaban J connectivity index is 1.73. The van der Waals surface area contributed by atoms with Crippen LogP contribution in [0.1, 0.15) is 18.2 Å². The van der Waals surface area contributed by atoms with E-state index < -0.39 is 0 Å². The van der Waals surface area contributed by atoms with Gasteiger partial charge in [0.05, 0.1) is 16.7 Å². The number of hydrogen-bond acceptors (Lipinski definition) is 6. The molecule has 3 heterocycles. The normalized spacial score (nSPS) is 11.3. The highest BCUT2D eigenvalue weighted by atomic mass is 32.2. The summed E-state index contributed by atoms with van der Waals surface area (Å²) >= 11 is 1.63. The van der Waals surface area contributed by atoms with Crippen molar-refractivity contribution < 1.29 is 0 Å². The molecular formula is C17H17N7S. The van der Waals surface area contributed by atoms with Gasteiger partial charge in [-0.2, -0.15) is 0 Å². The average molecular weight is 351 g/mol.